The van der Waals surface area contributed by atoms with Gasteiger partial charge in [-0.2, -0.15) is 0 Å². The maximum absolute atomic E-state index is 13.2. The zero-order valence-electron chi connectivity index (χ0n) is 15.6. The number of carbonyl (C=O) groups is 1. The number of thiazole rings is 1. The summed E-state index contributed by atoms with van der Waals surface area (Å²) in [6, 6.07) is 17.2. The van der Waals surface area contributed by atoms with Crippen LogP contribution in [0.15, 0.2) is 59.1 Å². The van der Waals surface area contributed by atoms with Crippen molar-refractivity contribution in [2.45, 2.75) is 20.4 Å². The number of amides is 1. The monoisotopic (exact) mass is 393 g/mol. The molecular formula is C21H19N3O3S. The first-order valence-electron chi connectivity index (χ1n) is 8.97. The Bertz CT molecular complexity index is 1100. The molecule has 4 aromatic rings. The van der Waals surface area contributed by atoms with E-state index in [1.807, 2.05) is 55.5 Å². The standard InChI is InChI=1S/C21H19N3O3S/c1-3-26-17-10-7-11-18-19(17)22-21(28-18)24(13-15-8-5-4-6-9-15)20(25)16-12-14(2)27-23-16/h4-12H,3,13H2,1-2H3. The lowest BCUT2D eigenvalue weighted by Gasteiger charge is -2.18. The van der Waals surface area contributed by atoms with Gasteiger partial charge in [-0.1, -0.05) is 52.9 Å². The number of aromatic nitrogens is 2. The van der Waals surface area contributed by atoms with E-state index in [0.29, 0.717) is 29.8 Å². The lowest BCUT2D eigenvalue weighted by Crippen LogP contribution is -2.30. The van der Waals surface area contributed by atoms with Gasteiger partial charge in [-0.3, -0.25) is 9.69 Å². The second kappa shape index (κ2) is 7.82. The summed E-state index contributed by atoms with van der Waals surface area (Å²) < 4.78 is 11.8. The van der Waals surface area contributed by atoms with Crippen LogP contribution in [0.25, 0.3) is 10.2 Å². The van der Waals surface area contributed by atoms with Crippen molar-refractivity contribution in [1.82, 2.24) is 10.1 Å². The van der Waals surface area contributed by atoms with Crippen molar-refractivity contribution in [2.24, 2.45) is 0 Å². The predicted molar refractivity (Wildman–Crippen MR) is 109 cm³/mol. The lowest BCUT2D eigenvalue weighted by molar-refractivity contribution is 0.0976. The van der Waals surface area contributed by atoms with Gasteiger partial charge in [0.25, 0.3) is 5.91 Å². The third-order valence-corrected chi connectivity index (χ3v) is 5.22. The molecular weight excluding hydrogens is 374 g/mol. The Morgan fingerprint density at radius 1 is 1.18 bits per heavy atom. The molecule has 0 atom stereocenters. The highest BCUT2D eigenvalue weighted by atomic mass is 32.1. The van der Waals surface area contributed by atoms with E-state index in [0.717, 1.165) is 15.8 Å². The number of carbonyl (C=O) groups excluding carboxylic acids is 1. The molecule has 0 unspecified atom stereocenters. The second-order valence-electron chi connectivity index (χ2n) is 6.23. The van der Waals surface area contributed by atoms with Crippen molar-refractivity contribution in [3.8, 4) is 5.75 Å². The van der Waals surface area contributed by atoms with Crippen LogP contribution in [0.2, 0.25) is 0 Å². The summed E-state index contributed by atoms with van der Waals surface area (Å²) in [5.74, 6) is 1.05. The molecule has 0 bridgehead atoms. The predicted octanol–water partition coefficient (Wildman–Crippen LogP) is 4.84. The summed E-state index contributed by atoms with van der Waals surface area (Å²) in [4.78, 5) is 19.5. The van der Waals surface area contributed by atoms with E-state index < -0.39 is 0 Å². The summed E-state index contributed by atoms with van der Waals surface area (Å²) >= 11 is 1.45. The molecule has 0 aliphatic carbocycles. The van der Waals surface area contributed by atoms with Crippen LogP contribution in [-0.2, 0) is 6.54 Å². The Hall–Kier alpha value is -3.19. The van der Waals surface area contributed by atoms with Gasteiger partial charge < -0.3 is 9.26 Å². The maximum Gasteiger partial charge on any atom is 0.282 e. The zero-order chi connectivity index (χ0) is 19.5. The van der Waals surface area contributed by atoms with Crippen LogP contribution < -0.4 is 9.64 Å². The molecule has 2 aromatic carbocycles. The Morgan fingerprint density at radius 3 is 2.71 bits per heavy atom. The van der Waals surface area contributed by atoms with Crippen molar-refractivity contribution >= 4 is 32.6 Å². The first-order chi connectivity index (χ1) is 13.7. The molecule has 0 aliphatic rings. The minimum atomic E-state index is -0.252. The van der Waals surface area contributed by atoms with Crippen LogP contribution >= 0.6 is 11.3 Å². The molecule has 6 nitrogen and oxygen atoms in total. The van der Waals surface area contributed by atoms with E-state index in [-0.39, 0.29) is 11.6 Å². The van der Waals surface area contributed by atoms with E-state index in [4.69, 9.17) is 14.2 Å². The van der Waals surface area contributed by atoms with Crippen LogP contribution in [0, 0.1) is 6.92 Å². The van der Waals surface area contributed by atoms with Crippen molar-refractivity contribution in [2.75, 3.05) is 11.5 Å². The third-order valence-electron chi connectivity index (χ3n) is 4.18. The maximum atomic E-state index is 13.2. The number of nitrogens with zero attached hydrogens (tertiary/aromatic N) is 3. The van der Waals surface area contributed by atoms with Gasteiger partial charge in [-0.25, -0.2) is 4.98 Å². The van der Waals surface area contributed by atoms with E-state index in [9.17, 15) is 4.79 Å². The molecule has 0 N–H and O–H groups in total. The van der Waals surface area contributed by atoms with Gasteiger partial charge in [0, 0.05) is 6.07 Å². The van der Waals surface area contributed by atoms with Gasteiger partial charge in [0.05, 0.1) is 17.9 Å². The second-order valence-corrected chi connectivity index (χ2v) is 7.24. The number of ether oxygens (including phenoxy) is 1. The molecule has 2 heterocycles. The average Bonchev–Trinajstić information content (AvgIpc) is 3.33. The van der Waals surface area contributed by atoms with Gasteiger partial charge in [-0.15, -0.1) is 0 Å². The van der Waals surface area contributed by atoms with Gasteiger partial charge in [0.15, 0.2) is 10.8 Å². The van der Waals surface area contributed by atoms with E-state index in [1.165, 1.54) is 11.3 Å². The fourth-order valence-corrected chi connectivity index (χ4v) is 3.88. The fraction of sp³-hybridized carbons (Fsp3) is 0.190. The summed E-state index contributed by atoms with van der Waals surface area (Å²) in [6.45, 7) is 4.63. The number of aryl methyl sites for hydroxylation is 1. The summed E-state index contributed by atoms with van der Waals surface area (Å²) in [5, 5.41) is 4.48. The van der Waals surface area contributed by atoms with Gasteiger partial charge in [0.2, 0.25) is 0 Å². The van der Waals surface area contributed by atoms with E-state index >= 15 is 0 Å². The smallest absolute Gasteiger partial charge is 0.282 e. The molecule has 0 saturated heterocycles. The summed E-state index contributed by atoms with van der Waals surface area (Å²) in [6.07, 6.45) is 0. The largest absolute Gasteiger partial charge is 0.492 e. The Balaban J connectivity index is 1.77. The number of hydrogen-bond acceptors (Lipinski definition) is 6. The Morgan fingerprint density at radius 2 is 2.00 bits per heavy atom. The van der Waals surface area contributed by atoms with E-state index in [1.54, 1.807) is 17.9 Å². The topological polar surface area (TPSA) is 68.5 Å². The Labute approximate surface area is 166 Å². The van der Waals surface area contributed by atoms with E-state index in [2.05, 4.69) is 5.16 Å². The molecule has 7 heteroatoms. The van der Waals surface area contributed by atoms with Crippen LogP contribution in [0.5, 0.6) is 5.75 Å². The van der Waals surface area contributed by atoms with Crippen molar-refractivity contribution in [1.29, 1.82) is 0 Å². The molecule has 0 radical (unpaired) electrons. The number of rotatable bonds is 6. The van der Waals surface area contributed by atoms with Crippen molar-refractivity contribution in [3.63, 3.8) is 0 Å². The molecule has 2 aromatic heterocycles. The third kappa shape index (κ3) is 3.61. The number of para-hydroxylation sites is 1. The summed E-state index contributed by atoms with van der Waals surface area (Å²) in [5.41, 5.74) is 2.02. The highest BCUT2D eigenvalue weighted by Gasteiger charge is 2.25. The molecule has 0 fully saturated rings. The quantitative estimate of drug-likeness (QED) is 0.469. The molecule has 0 spiro atoms. The highest BCUT2D eigenvalue weighted by molar-refractivity contribution is 7.22. The average molecular weight is 393 g/mol. The molecule has 28 heavy (non-hydrogen) atoms. The zero-order valence-corrected chi connectivity index (χ0v) is 16.4. The minimum Gasteiger partial charge on any atom is -0.492 e. The molecule has 4 rings (SSSR count). The number of anilines is 1. The van der Waals surface area contributed by atoms with Gasteiger partial charge in [-0.05, 0) is 31.5 Å². The SMILES string of the molecule is CCOc1cccc2sc(N(Cc3ccccc3)C(=O)c3cc(C)on3)nc12. The van der Waals surface area contributed by atoms with Crippen LogP contribution in [0.3, 0.4) is 0 Å². The normalized spacial score (nSPS) is 10.9. The number of benzene rings is 2. The lowest BCUT2D eigenvalue weighted by atomic mass is 10.2. The molecule has 0 saturated carbocycles. The first kappa shape index (κ1) is 18.2. The highest BCUT2D eigenvalue weighted by Crippen LogP contribution is 2.35. The van der Waals surface area contributed by atoms with Crippen LogP contribution in [0.4, 0.5) is 5.13 Å². The van der Waals surface area contributed by atoms with Crippen molar-refractivity contribution < 1.29 is 14.1 Å². The number of fused-ring (bicyclic) bond motifs is 1. The van der Waals surface area contributed by atoms with Gasteiger partial charge in [0.1, 0.15) is 17.0 Å². The van der Waals surface area contributed by atoms with Crippen molar-refractivity contribution in [3.05, 3.63) is 71.6 Å². The molecule has 0 aliphatic heterocycles. The molecule has 142 valence electrons. The molecule has 1 amide bonds. The van der Waals surface area contributed by atoms with Crippen LogP contribution in [0.1, 0.15) is 28.7 Å². The van der Waals surface area contributed by atoms with Crippen LogP contribution in [-0.4, -0.2) is 22.7 Å². The number of hydrogen-bond donors (Lipinski definition) is 0. The first-order valence-corrected chi connectivity index (χ1v) is 9.79. The van der Waals surface area contributed by atoms with Gasteiger partial charge >= 0.3 is 0 Å². The fourth-order valence-electron chi connectivity index (χ4n) is 2.90. The Kier molecular flexibility index (Phi) is 5.08. The minimum absolute atomic E-state index is 0.252. The summed E-state index contributed by atoms with van der Waals surface area (Å²) in [7, 11) is 0.